The minimum Gasteiger partial charge on any atom is -0.493 e. The molecule has 0 radical (unpaired) electrons. The van der Waals surface area contributed by atoms with Gasteiger partial charge in [-0.3, -0.25) is 4.68 Å². The predicted molar refractivity (Wildman–Crippen MR) is 134 cm³/mol. The van der Waals surface area contributed by atoms with E-state index in [0.717, 1.165) is 35.9 Å². The van der Waals surface area contributed by atoms with Crippen LogP contribution < -0.4 is 20.1 Å². The highest BCUT2D eigenvalue weighted by Crippen LogP contribution is 2.27. The monoisotopic (exact) mass is 535 g/mol. The van der Waals surface area contributed by atoms with Crippen molar-refractivity contribution < 1.29 is 9.47 Å². The summed E-state index contributed by atoms with van der Waals surface area (Å²) < 4.78 is 12.6. The zero-order chi connectivity index (χ0) is 21.2. The number of rotatable bonds is 9. The lowest BCUT2D eigenvalue weighted by Gasteiger charge is -2.13. The van der Waals surface area contributed by atoms with Crippen LogP contribution in [0.2, 0.25) is 0 Å². The van der Waals surface area contributed by atoms with Crippen LogP contribution in [0, 0.1) is 0 Å². The lowest BCUT2D eigenvalue weighted by molar-refractivity contribution is 0.354. The maximum absolute atomic E-state index is 5.38. The average Bonchev–Trinajstić information content (AvgIpc) is 3.28. The van der Waals surface area contributed by atoms with E-state index >= 15 is 0 Å². The first-order chi connectivity index (χ1) is 14.7. The number of aromatic nitrogens is 2. The summed E-state index contributed by atoms with van der Waals surface area (Å²) in [4.78, 5) is 4.73. The summed E-state index contributed by atoms with van der Waals surface area (Å²) in [5, 5.41) is 10.9. The van der Waals surface area contributed by atoms with Gasteiger partial charge in [0.25, 0.3) is 0 Å². The Hall–Kier alpha value is -2.75. The summed E-state index contributed by atoms with van der Waals surface area (Å²) in [5.41, 5.74) is 3.44. The molecule has 0 saturated carbocycles. The number of ether oxygens (including phenoxy) is 2. The number of hydrogen-bond donors (Lipinski definition) is 2. The van der Waals surface area contributed by atoms with Crippen molar-refractivity contribution >= 4 is 29.9 Å². The van der Waals surface area contributed by atoms with Gasteiger partial charge in [0.05, 0.1) is 27.3 Å². The molecule has 31 heavy (non-hydrogen) atoms. The quantitative estimate of drug-likeness (QED) is 0.248. The Balaban J connectivity index is 0.00000341. The molecule has 3 rings (SSSR count). The van der Waals surface area contributed by atoms with E-state index in [4.69, 9.17) is 14.5 Å². The lowest BCUT2D eigenvalue weighted by atomic mass is 10.1. The van der Waals surface area contributed by atoms with Gasteiger partial charge >= 0.3 is 0 Å². The molecule has 0 amide bonds. The van der Waals surface area contributed by atoms with Crippen LogP contribution in [0.1, 0.15) is 23.6 Å². The molecule has 3 aromatic rings. The van der Waals surface area contributed by atoms with Gasteiger partial charge in [-0.2, -0.15) is 5.10 Å². The summed E-state index contributed by atoms with van der Waals surface area (Å²) in [7, 11) is 3.27. The molecule has 2 aromatic carbocycles. The zero-order valence-corrected chi connectivity index (χ0v) is 20.5. The Morgan fingerprint density at radius 1 is 0.968 bits per heavy atom. The molecular weight excluding hydrogens is 505 g/mol. The Bertz CT molecular complexity index is 960. The SMILES string of the molecule is CCNC(=NCc1cccc(Cn2cccn2)c1)NCc1ccc(OC)c(OC)c1.I. The number of aliphatic imine (C=N–C) groups is 1. The first kappa shape index (κ1) is 24.5. The third-order valence-corrected chi connectivity index (χ3v) is 4.57. The molecule has 0 aliphatic rings. The van der Waals surface area contributed by atoms with E-state index in [2.05, 4.69) is 46.9 Å². The lowest BCUT2D eigenvalue weighted by Crippen LogP contribution is -2.36. The molecular formula is C23H30IN5O2. The number of methoxy groups -OCH3 is 2. The Kier molecular flexibility index (Phi) is 10.2. The standard InChI is InChI=1S/C23H29N5O2.HI/c1-4-24-23(26-16-19-9-10-21(29-2)22(14-19)30-3)25-15-18-7-5-8-20(13-18)17-28-12-6-11-27-28;/h5-14H,4,15-17H2,1-3H3,(H2,24,25,26);1H. The van der Waals surface area contributed by atoms with E-state index in [1.165, 1.54) is 5.56 Å². The van der Waals surface area contributed by atoms with Gasteiger partial charge in [-0.25, -0.2) is 4.99 Å². The molecule has 0 fully saturated rings. The summed E-state index contributed by atoms with van der Waals surface area (Å²) in [6.45, 7) is 4.82. The van der Waals surface area contributed by atoms with Crippen LogP contribution in [0.4, 0.5) is 0 Å². The van der Waals surface area contributed by atoms with Gasteiger partial charge in [0.15, 0.2) is 17.5 Å². The Morgan fingerprint density at radius 3 is 2.48 bits per heavy atom. The molecule has 0 aliphatic heterocycles. The van der Waals surface area contributed by atoms with E-state index in [0.29, 0.717) is 18.8 Å². The van der Waals surface area contributed by atoms with Crippen molar-refractivity contribution in [3.63, 3.8) is 0 Å². The maximum Gasteiger partial charge on any atom is 0.191 e. The molecule has 0 aliphatic carbocycles. The van der Waals surface area contributed by atoms with Crippen LogP contribution in [0.25, 0.3) is 0 Å². The first-order valence-corrected chi connectivity index (χ1v) is 10.00. The van der Waals surface area contributed by atoms with Gasteiger partial charge in [0, 0.05) is 25.5 Å². The van der Waals surface area contributed by atoms with E-state index < -0.39 is 0 Å². The topological polar surface area (TPSA) is 72.7 Å². The fourth-order valence-electron chi connectivity index (χ4n) is 3.10. The van der Waals surface area contributed by atoms with Crippen LogP contribution >= 0.6 is 24.0 Å². The number of guanidine groups is 1. The molecule has 8 heteroatoms. The first-order valence-electron chi connectivity index (χ1n) is 10.00. The largest absolute Gasteiger partial charge is 0.493 e. The third-order valence-electron chi connectivity index (χ3n) is 4.57. The van der Waals surface area contributed by atoms with Gasteiger partial charge in [0.1, 0.15) is 0 Å². The molecule has 1 aromatic heterocycles. The van der Waals surface area contributed by atoms with Crippen LogP contribution in [0.5, 0.6) is 11.5 Å². The molecule has 0 atom stereocenters. The summed E-state index contributed by atoms with van der Waals surface area (Å²) in [5.74, 6) is 2.20. The fourth-order valence-corrected chi connectivity index (χ4v) is 3.10. The molecule has 0 bridgehead atoms. The minimum atomic E-state index is 0. The van der Waals surface area contributed by atoms with Crippen LogP contribution in [0.3, 0.4) is 0 Å². The number of halogens is 1. The van der Waals surface area contributed by atoms with Crippen molar-refractivity contribution in [3.8, 4) is 11.5 Å². The van der Waals surface area contributed by atoms with Crippen LogP contribution in [-0.2, 0) is 19.6 Å². The van der Waals surface area contributed by atoms with Crippen molar-refractivity contribution in [1.29, 1.82) is 0 Å². The van der Waals surface area contributed by atoms with E-state index in [-0.39, 0.29) is 24.0 Å². The average molecular weight is 535 g/mol. The molecule has 2 N–H and O–H groups in total. The van der Waals surface area contributed by atoms with Crippen molar-refractivity contribution in [2.24, 2.45) is 4.99 Å². The van der Waals surface area contributed by atoms with Gasteiger partial charge in [0.2, 0.25) is 0 Å². The van der Waals surface area contributed by atoms with Gasteiger partial charge in [-0.1, -0.05) is 30.3 Å². The number of hydrogen-bond acceptors (Lipinski definition) is 4. The minimum absolute atomic E-state index is 0. The second-order valence-electron chi connectivity index (χ2n) is 6.76. The molecule has 1 heterocycles. The van der Waals surface area contributed by atoms with E-state index in [1.54, 1.807) is 20.4 Å². The van der Waals surface area contributed by atoms with Gasteiger partial charge < -0.3 is 20.1 Å². The molecule has 166 valence electrons. The number of nitrogens with one attached hydrogen (secondary N) is 2. The summed E-state index contributed by atoms with van der Waals surface area (Å²) in [6, 6.07) is 16.2. The van der Waals surface area contributed by atoms with Crippen LogP contribution in [-0.4, -0.2) is 36.5 Å². The second-order valence-corrected chi connectivity index (χ2v) is 6.76. The van der Waals surface area contributed by atoms with Crippen molar-refractivity contribution in [2.45, 2.75) is 26.6 Å². The Morgan fingerprint density at radius 2 is 1.77 bits per heavy atom. The van der Waals surface area contributed by atoms with Crippen molar-refractivity contribution in [3.05, 3.63) is 77.6 Å². The smallest absolute Gasteiger partial charge is 0.191 e. The molecule has 0 saturated heterocycles. The van der Waals surface area contributed by atoms with Crippen molar-refractivity contribution in [2.75, 3.05) is 20.8 Å². The van der Waals surface area contributed by atoms with E-state index in [1.807, 2.05) is 35.1 Å². The zero-order valence-electron chi connectivity index (χ0n) is 18.2. The highest BCUT2D eigenvalue weighted by molar-refractivity contribution is 14.0. The normalized spacial score (nSPS) is 10.9. The van der Waals surface area contributed by atoms with Crippen molar-refractivity contribution in [1.82, 2.24) is 20.4 Å². The van der Waals surface area contributed by atoms with Gasteiger partial charge in [-0.05, 0) is 41.8 Å². The predicted octanol–water partition coefficient (Wildman–Crippen LogP) is 3.82. The van der Waals surface area contributed by atoms with Gasteiger partial charge in [-0.15, -0.1) is 24.0 Å². The number of benzene rings is 2. The van der Waals surface area contributed by atoms with E-state index in [9.17, 15) is 0 Å². The molecule has 0 spiro atoms. The maximum atomic E-state index is 5.38. The second kappa shape index (κ2) is 12.8. The Labute approximate surface area is 200 Å². The highest BCUT2D eigenvalue weighted by atomic mass is 127. The molecule has 0 unspecified atom stereocenters. The number of nitrogens with zero attached hydrogens (tertiary/aromatic N) is 3. The third kappa shape index (κ3) is 7.46. The van der Waals surface area contributed by atoms with Crippen LogP contribution in [0.15, 0.2) is 65.9 Å². The highest BCUT2D eigenvalue weighted by Gasteiger charge is 2.06. The fraction of sp³-hybridized carbons (Fsp3) is 0.304. The summed E-state index contributed by atoms with van der Waals surface area (Å²) >= 11 is 0. The molecule has 7 nitrogen and oxygen atoms in total. The summed E-state index contributed by atoms with van der Waals surface area (Å²) in [6.07, 6.45) is 3.76.